The van der Waals surface area contributed by atoms with Gasteiger partial charge in [-0.05, 0) is 49.7 Å². The molecule has 5 nitrogen and oxygen atoms in total. The minimum atomic E-state index is -0.250. The van der Waals surface area contributed by atoms with Gasteiger partial charge < -0.3 is 4.74 Å². The third-order valence-electron chi connectivity index (χ3n) is 4.40. The van der Waals surface area contributed by atoms with E-state index in [1.54, 1.807) is 18.2 Å². The Morgan fingerprint density at radius 3 is 2.27 bits per heavy atom. The molecule has 0 amide bonds. The van der Waals surface area contributed by atoms with Gasteiger partial charge in [-0.1, -0.05) is 55.3 Å². The zero-order chi connectivity index (χ0) is 21.7. The van der Waals surface area contributed by atoms with Crippen LogP contribution >= 0.6 is 11.6 Å². The number of pyridine rings is 1. The Morgan fingerprint density at radius 1 is 0.967 bits per heavy atom. The second-order valence-electron chi connectivity index (χ2n) is 6.38. The van der Waals surface area contributed by atoms with Crippen LogP contribution in [0.2, 0.25) is 5.02 Å². The maximum absolute atomic E-state index is 13.4. The van der Waals surface area contributed by atoms with E-state index < -0.39 is 0 Å². The molecule has 0 spiro atoms. The fraction of sp³-hybridized carbons (Fsp3) is 0.208. The van der Waals surface area contributed by atoms with E-state index in [2.05, 4.69) is 10.1 Å². The van der Waals surface area contributed by atoms with Crippen molar-refractivity contribution in [1.82, 2.24) is 14.8 Å². The van der Waals surface area contributed by atoms with Gasteiger partial charge >= 0.3 is 0 Å². The molecule has 4 rings (SSSR count). The monoisotopic (exact) mass is 421 g/mol. The number of nitrogens with zero attached hydrogens (tertiary/aromatic N) is 3. The van der Waals surface area contributed by atoms with Crippen molar-refractivity contribution in [1.29, 1.82) is 0 Å². The molecule has 154 valence electrons. The van der Waals surface area contributed by atoms with Crippen molar-refractivity contribution in [3.05, 3.63) is 81.6 Å². The van der Waals surface area contributed by atoms with Crippen molar-refractivity contribution in [3.8, 4) is 22.7 Å². The largest absolute Gasteiger partial charge is 0.478 e. The Labute approximate surface area is 180 Å². The van der Waals surface area contributed by atoms with Gasteiger partial charge in [-0.3, -0.25) is 4.79 Å². The number of rotatable bonds is 4. The number of fused-ring (bicyclic) bond motifs is 1. The highest BCUT2D eigenvalue weighted by Crippen LogP contribution is 2.26. The van der Waals surface area contributed by atoms with E-state index in [4.69, 9.17) is 16.3 Å². The van der Waals surface area contributed by atoms with Crippen LogP contribution in [0.1, 0.15) is 26.3 Å². The lowest BCUT2D eigenvalue weighted by Gasteiger charge is -2.12. The molecule has 0 fully saturated rings. The predicted molar refractivity (Wildman–Crippen MR) is 123 cm³/mol. The molecule has 4 aromatic rings. The number of ether oxygens (including phenoxy) is 1. The van der Waals surface area contributed by atoms with E-state index >= 15 is 0 Å². The molecule has 0 radical (unpaired) electrons. The number of benzene rings is 2. The lowest BCUT2D eigenvalue weighted by molar-refractivity contribution is 0.328. The third-order valence-corrected chi connectivity index (χ3v) is 4.65. The quantitative estimate of drug-likeness (QED) is 0.415. The summed E-state index contributed by atoms with van der Waals surface area (Å²) >= 11 is 6.03. The van der Waals surface area contributed by atoms with E-state index in [1.165, 1.54) is 4.68 Å². The summed E-state index contributed by atoms with van der Waals surface area (Å²) in [5.74, 6) is 0.458. The first kappa shape index (κ1) is 21.5. The summed E-state index contributed by atoms with van der Waals surface area (Å²) in [6.45, 7) is 8.38. The van der Waals surface area contributed by atoms with Crippen LogP contribution in [0.4, 0.5) is 0 Å². The predicted octanol–water partition coefficient (Wildman–Crippen LogP) is 5.83. The standard InChI is InChI=1S/C22H18ClN3O2.C2H6/c1-3-28-19-13-12-18-21(24-19)20(15-6-8-16(23)9-7-15)22(27)26(25-18)17-10-4-14(2)5-11-17;1-2/h4-13H,3H2,1-2H3;1-2H3. The number of hydrogen-bond donors (Lipinski definition) is 0. The Bertz CT molecular complexity index is 1200. The molecular weight excluding hydrogens is 398 g/mol. The number of hydrogen-bond acceptors (Lipinski definition) is 4. The zero-order valence-electron chi connectivity index (χ0n) is 17.5. The van der Waals surface area contributed by atoms with Gasteiger partial charge in [0.1, 0.15) is 11.0 Å². The Morgan fingerprint density at radius 2 is 1.63 bits per heavy atom. The van der Waals surface area contributed by atoms with Gasteiger partial charge in [-0.2, -0.15) is 9.78 Å². The summed E-state index contributed by atoms with van der Waals surface area (Å²) in [4.78, 5) is 18.0. The van der Waals surface area contributed by atoms with E-state index in [9.17, 15) is 4.79 Å². The van der Waals surface area contributed by atoms with E-state index in [0.29, 0.717) is 39.8 Å². The molecule has 6 heteroatoms. The van der Waals surface area contributed by atoms with E-state index in [0.717, 1.165) is 11.1 Å². The van der Waals surface area contributed by atoms with Crippen LogP contribution in [0.3, 0.4) is 0 Å². The lowest BCUT2D eigenvalue weighted by atomic mass is 10.1. The van der Waals surface area contributed by atoms with Gasteiger partial charge in [0.05, 0.1) is 17.9 Å². The van der Waals surface area contributed by atoms with Crippen molar-refractivity contribution in [2.24, 2.45) is 0 Å². The molecule has 2 aromatic heterocycles. The van der Waals surface area contributed by atoms with Crippen LogP contribution in [-0.2, 0) is 0 Å². The van der Waals surface area contributed by atoms with Crippen molar-refractivity contribution in [3.63, 3.8) is 0 Å². The van der Waals surface area contributed by atoms with Crippen LogP contribution in [0.15, 0.2) is 65.5 Å². The normalized spacial score (nSPS) is 10.4. The molecule has 0 aliphatic carbocycles. The third kappa shape index (κ3) is 4.36. The molecule has 0 unspecified atom stereocenters. The van der Waals surface area contributed by atoms with Crippen LogP contribution in [0.25, 0.3) is 27.8 Å². The van der Waals surface area contributed by atoms with Crippen molar-refractivity contribution in [2.75, 3.05) is 6.61 Å². The van der Waals surface area contributed by atoms with Gasteiger partial charge in [0.2, 0.25) is 5.88 Å². The minimum absolute atomic E-state index is 0.250. The Balaban J connectivity index is 0.00000124. The highest BCUT2D eigenvalue weighted by Gasteiger charge is 2.17. The van der Waals surface area contributed by atoms with Gasteiger partial charge in [-0.15, -0.1) is 0 Å². The second kappa shape index (κ2) is 9.55. The van der Waals surface area contributed by atoms with Crippen molar-refractivity contribution in [2.45, 2.75) is 27.7 Å². The molecule has 0 aliphatic heterocycles. The van der Waals surface area contributed by atoms with Gasteiger partial charge in [0.25, 0.3) is 5.56 Å². The highest BCUT2D eigenvalue weighted by molar-refractivity contribution is 6.30. The molecule has 0 N–H and O–H groups in total. The molecule has 2 heterocycles. The lowest BCUT2D eigenvalue weighted by Crippen LogP contribution is -2.23. The molecular formula is C24H24ClN3O2. The molecule has 0 saturated heterocycles. The number of halogens is 1. The average molecular weight is 422 g/mol. The summed E-state index contributed by atoms with van der Waals surface area (Å²) in [7, 11) is 0. The van der Waals surface area contributed by atoms with Gasteiger partial charge in [0, 0.05) is 11.1 Å². The van der Waals surface area contributed by atoms with E-state index in [-0.39, 0.29) is 5.56 Å². The maximum Gasteiger partial charge on any atom is 0.281 e. The van der Waals surface area contributed by atoms with E-state index in [1.807, 2.05) is 70.2 Å². The first-order valence-electron chi connectivity index (χ1n) is 9.96. The van der Waals surface area contributed by atoms with Gasteiger partial charge in [0.15, 0.2) is 0 Å². The van der Waals surface area contributed by atoms with Crippen LogP contribution in [-0.4, -0.2) is 21.4 Å². The summed E-state index contributed by atoms with van der Waals surface area (Å²) in [6, 6.07) is 18.4. The topological polar surface area (TPSA) is 57.0 Å². The van der Waals surface area contributed by atoms with Crippen LogP contribution in [0.5, 0.6) is 5.88 Å². The minimum Gasteiger partial charge on any atom is -0.478 e. The fourth-order valence-electron chi connectivity index (χ4n) is 3.02. The highest BCUT2D eigenvalue weighted by atomic mass is 35.5. The molecule has 0 atom stereocenters. The van der Waals surface area contributed by atoms with Crippen molar-refractivity contribution < 1.29 is 4.74 Å². The Hall–Kier alpha value is -3.18. The number of aromatic nitrogens is 3. The first-order chi connectivity index (χ1) is 14.6. The SMILES string of the molecule is CC.CCOc1ccc2nn(-c3ccc(C)cc3)c(=O)c(-c3ccc(Cl)cc3)c2n1. The zero-order valence-corrected chi connectivity index (χ0v) is 18.3. The van der Waals surface area contributed by atoms with Gasteiger partial charge in [-0.25, -0.2) is 4.98 Å². The summed E-state index contributed by atoms with van der Waals surface area (Å²) in [6.07, 6.45) is 0. The van der Waals surface area contributed by atoms with Crippen LogP contribution < -0.4 is 10.3 Å². The van der Waals surface area contributed by atoms with Crippen LogP contribution in [0, 0.1) is 6.92 Å². The first-order valence-corrected chi connectivity index (χ1v) is 10.3. The number of aryl methyl sites for hydroxylation is 1. The fourth-order valence-corrected chi connectivity index (χ4v) is 3.15. The molecule has 0 saturated carbocycles. The molecule has 30 heavy (non-hydrogen) atoms. The second-order valence-corrected chi connectivity index (χ2v) is 6.82. The smallest absolute Gasteiger partial charge is 0.281 e. The molecule has 2 aromatic carbocycles. The molecule has 0 bridgehead atoms. The average Bonchev–Trinajstić information content (AvgIpc) is 2.77. The summed E-state index contributed by atoms with van der Waals surface area (Å²) < 4.78 is 6.93. The summed E-state index contributed by atoms with van der Waals surface area (Å²) in [5, 5.41) is 5.14. The maximum atomic E-state index is 13.4. The molecule has 0 aliphatic rings. The summed E-state index contributed by atoms with van der Waals surface area (Å²) in [5.41, 5.74) is 3.85. The van der Waals surface area contributed by atoms with Crippen molar-refractivity contribution >= 4 is 22.6 Å². The Kier molecular flexibility index (Phi) is 6.85.